The van der Waals surface area contributed by atoms with E-state index < -0.39 is 11.9 Å². The van der Waals surface area contributed by atoms with Gasteiger partial charge in [-0.1, -0.05) is 0 Å². The van der Waals surface area contributed by atoms with Crippen molar-refractivity contribution in [1.29, 1.82) is 0 Å². The number of carboxylic acids is 1. The Morgan fingerprint density at radius 2 is 2.32 bits per heavy atom. The second-order valence-corrected chi connectivity index (χ2v) is 4.50. The monoisotopic (exact) mass is 281 g/mol. The van der Waals surface area contributed by atoms with Crippen molar-refractivity contribution in [3.8, 4) is 0 Å². The van der Waals surface area contributed by atoms with Gasteiger partial charge in [0.2, 0.25) is 11.2 Å². The van der Waals surface area contributed by atoms with Crippen LogP contribution in [0.3, 0.4) is 0 Å². The minimum atomic E-state index is -1.00. The van der Waals surface area contributed by atoms with Crippen LogP contribution in [0.15, 0.2) is 6.33 Å². The highest BCUT2D eigenvalue weighted by molar-refractivity contribution is 6.28. The molecule has 3 rings (SSSR count). The topological polar surface area (TPSA) is 112 Å². The molecule has 2 aromatic heterocycles. The molecule has 3 heterocycles. The molecule has 0 bridgehead atoms. The molecule has 2 aromatic rings. The average molecular weight is 282 g/mol. The number of aromatic nitrogens is 4. The summed E-state index contributed by atoms with van der Waals surface area (Å²) in [6, 6.07) is 0. The molecule has 1 unspecified atom stereocenters. The maximum absolute atomic E-state index is 11.9. The lowest BCUT2D eigenvalue weighted by Gasteiger charge is -2.15. The Balaban J connectivity index is 2.07. The van der Waals surface area contributed by atoms with Crippen molar-refractivity contribution in [2.45, 2.75) is 6.42 Å². The van der Waals surface area contributed by atoms with Gasteiger partial charge in [0.15, 0.2) is 11.5 Å². The third-order valence-electron chi connectivity index (χ3n) is 2.97. The number of carbonyl (C=O) groups excluding carboxylic acids is 1. The van der Waals surface area contributed by atoms with E-state index >= 15 is 0 Å². The Hall–Kier alpha value is -2.22. The predicted molar refractivity (Wildman–Crippen MR) is 64.8 cm³/mol. The molecule has 0 saturated carbocycles. The number of halogens is 1. The molecule has 1 fully saturated rings. The maximum Gasteiger partial charge on any atom is 0.308 e. The van der Waals surface area contributed by atoms with E-state index in [-0.39, 0.29) is 30.0 Å². The molecule has 2 N–H and O–H groups in total. The minimum Gasteiger partial charge on any atom is -0.481 e. The molecular formula is C10H8ClN5O3. The van der Waals surface area contributed by atoms with Gasteiger partial charge in [-0.15, -0.1) is 0 Å². The van der Waals surface area contributed by atoms with Crippen LogP contribution in [0.5, 0.6) is 0 Å². The summed E-state index contributed by atoms with van der Waals surface area (Å²) < 4.78 is 0. The van der Waals surface area contributed by atoms with Gasteiger partial charge in [0.1, 0.15) is 5.52 Å². The Labute approximate surface area is 111 Å². The lowest BCUT2D eigenvalue weighted by atomic mass is 10.1. The Kier molecular flexibility index (Phi) is 2.59. The zero-order valence-electron chi connectivity index (χ0n) is 9.50. The highest BCUT2D eigenvalue weighted by Gasteiger charge is 2.37. The number of carboxylic acid groups (broad SMARTS) is 1. The van der Waals surface area contributed by atoms with Gasteiger partial charge in [-0.2, -0.15) is 9.97 Å². The van der Waals surface area contributed by atoms with E-state index in [0.29, 0.717) is 11.2 Å². The second kappa shape index (κ2) is 4.16. The summed E-state index contributed by atoms with van der Waals surface area (Å²) in [6.07, 6.45) is 1.36. The van der Waals surface area contributed by atoms with Crippen molar-refractivity contribution < 1.29 is 14.7 Å². The van der Waals surface area contributed by atoms with Crippen LogP contribution in [0.2, 0.25) is 5.28 Å². The highest BCUT2D eigenvalue weighted by Crippen LogP contribution is 2.28. The first-order valence-electron chi connectivity index (χ1n) is 5.46. The number of aliphatic carboxylic acids is 1. The van der Waals surface area contributed by atoms with Crippen molar-refractivity contribution in [3.05, 3.63) is 11.6 Å². The first-order valence-corrected chi connectivity index (χ1v) is 5.84. The molecular weight excluding hydrogens is 274 g/mol. The summed E-state index contributed by atoms with van der Waals surface area (Å²) in [6.45, 7) is 0.0651. The molecule has 98 valence electrons. The van der Waals surface area contributed by atoms with Gasteiger partial charge in [0.25, 0.3) is 0 Å². The summed E-state index contributed by atoms with van der Waals surface area (Å²) in [5.74, 6) is -1.78. The SMILES string of the molecule is O=C(O)C1CC(=O)N(c2nc(Cl)nc3nc[nH]c23)C1. The van der Waals surface area contributed by atoms with Crippen LogP contribution in [0.25, 0.3) is 11.2 Å². The zero-order chi connectivity index (χ0) is 13.6. The largest absolute Gasteiger partial charge is 0.481 e. The number of rotatable bonds is 2. The normalized spacial score (nSPS) is 19.3. The Morgan fingerprint density at radius 3 is 3.00 bits per heavy atom. The number of imidazole rings is 1. The van der Waals surface area contributed by atoms with E-state index in [0.717, 1.165) is 0 Å². The average Bonchev–Trinajstić information content (AvgIpc) is 2.94. The van der Waals surface area contributed by atoms with Crippen molar-refractivity contribution in [3.63, 3.8) is 0 Å². The molecule has 1 aliphatic heterocycles. The third kappa shape index (κ3) is 1.89. The fourth-order valence-electron chi connectivity index (χ4n) is 2.07. The number of nitrogens with one attached hydrogen (secondary N) is 1. The van der Waals surface area contributed by atoms with Crippen LogP contribution in [0.1, 0.15) is 6.42 Å². The van der Waals surface area contributed by atoms with Gasteiger partial charge in [0.05, 0.1) is 12.2 Å². The highest BCUT2D eigenvalue weighted by atomic mass is 35.5. The smallest absolute Gasteiger partial charge is 0.308 e. The number of fused-ring (bicyclic) bond motifs is 1. The first kappa shape index (κ1) is 11.8. The minimum absolute atomic E-state index is 0.0406. The van der Waals surface area contributed by atoms with E-state index in [1.807, 2.05) is 0 Å². The number of H-pyrrole nitrogens is 1. The summed E-state index contributed by atoms with van der Waals surface area (Å²) in [5.41, 5.74) is 0.797. The van der Waals surface area contributed by atoms with E-state index in [1.165, 1.54) is 11.2 Å². The fourth-order valence-corrected chi connectivity index (χ4v) is 2.23. The van der Waals surface area contributed by atoms with E-state index in [4.69, 9.17) is 16.7 Å². The lowest BCUT2D eigenvalue weighted by Crippen LogP contribution is -2.27. The number of carbonyl (C=O) groups is 2. The molecule has 0 aliphatic carbocycles. The lowest BCUT2D eigenvalue weighted by molar-refractivity contribution is -0.141. The molecule has 1 amide bonds. The quantitative estimate of drug-likeness (QED) is 0.773. The van der Waals surface area contributed by atoms with Crippen LogP contribution < -0.4 is 4.90 Å². The van der Waals surface area contributed by atoms with Crippen LogP contribution >= 0.6 is 11.6 Å². The number of aromatic amines is 1. The van der Waals surface area contributed by atoms with Crippen molar-refractivity contribution >= 4 is 40.5 Å². The molecule has 19 heavy (non-hydrogen) atoms. The summed E-state index contributed by atoms with van der Waals surface area (Å²) in [4.78, 5) is 38.8. The molecule has 1 aliphatic rings. The van der Waals surface area contributed by atoms with Gasteiger partial charge in [-0.25, -0.2) is 4.98 Å². The first-order chi connectivity index (χ1) is 9.06. The van der Waals surface area contributed by atoms with E-state index in [1.54, 1.807) is 0 Å². The van der Waals surface area contributed by atoms with Crippen molar-refractivity contribution in [2.75, 3.05) is 11.4 Å². The van der Waals surface area contributed by atoms with E-state index in [9.17, 15) is 9.59 Å². The van der Waals surface area contributed by atoms with Crippen molar-refractivity contribution in [1.82, 2.24) is 19.9 Å². The third-order valence-corrected chi connectivity index (χ3v) is 3.14. The second-order valence-electron chi connectivity index (χ2n) is 4.16. The zero-order valence-corrected chi connectivity index (χ0v) is 10.3. The number of hydrogen-bond acceptors (Lipinski definition) is 5. The van der Waals surface area contributed by atoms with Crippen LogP contribution in [-0.2, 0) is 9.59 Å². The van der Waals surface area contributed by atoms with Crippen molar-refractivity contribution in [2.24, 2.45) is 5.92 Å². The molecule has 0 aromatic carbocycles. The number of nitrogens with zero attached hydrogens (tertiary/aromatic N) is 4. The molecule has 8 nitrogen and oxygen atoms in total. The van der Waals surface area contributed by atoms with Gasteiger partial charge in [-0.3, -0.25) is 14.5 Å². The fraction of sp³-hybridized carbons (Fsp3) is 0.300. The number of hydrogen-bond donors (Lipinski definition) is 2. The van der Waals surface area contributed by atoms with Crippen LogP contribution in [0, 0.1) is 5.92 Å². The maximum atomic E-state index is 11.9. The Bertz CT molecular complexity index is 685. The standard InChI is InChI=1S/C10H8ClN5O3/c11-10-14-7-6(12-3-13-7)8(15-10)16-2-4(9(18)19)1-5(16)17/h3-4H,1-2H2,(H,18,19)(H,12,13,14,15). The summed E-state index contributed by atoms with van der Waals surface area (Å²) in [5, 5.41) is 8.93. The van der Waals surface area contributed by atoms with Gasteiger partial charge >= 0.3 is 5.97 Å². The number of amides is 1. The molecule has 0 radical (unpaired) electrons. The predicted octanol–water partition coefficient (Wildman–Crippen LogP) is 0.444. The van der Waals surface area contributed by atoms with Gasteiger partial charge in [-0.05, 0) is 11.6 Å². The molecule has 0 spiro atoms. The van der Waals surface area contributed by atoms with Gasteiger partial charge < -0.3 is 10.1 Å². The van der Waals surface area contributed by atoms with Crippen LogP contribution in [0.4, 0.5) is 5.82 Å². The Morgan fingerprint density at radius 1 is 1.53 bits per heavy atom. The molecule has 1 saturated heterocycles. The van der Waals surface area contributed by atoms with Crippen LogP contribution in [-0.4, -0.2) is 43.5 Å². The van der Waals surface area contributed by atoms with E-state index in [2.05, 4.69) is 19.9 Å². The molecule has 1 atom stereocenters. The summed E-state index contributed by atoms with van der Waals surface area (Å²) >= 11 is 5.78. The summed E-state index contributed by atoms with van der Waals surface area (Å²) in [7, 11) is 0. The van der Waals surface area contributed by atoms with Gasteiger partial charge in [0, 0.05) is 13.0 Å². The molecule has 9 heteroatoms. The number of anilines is 1.